The van der Waals surface area contributed by atoms with E-state index < -0.39 is 11.7 Å². The maximum atomic E-state index is 12.6. The number of nitrogens with zero attached hydrogens (tertiary/aromatic N) is 1. The van der Waals surface area contributed by atoms with Crippen molar-refractivity contribution in [2.24, 2.45) is 0 Å². The second kappa shape index (κ2) is 4.79. The van der Waals surface area contributed by atoms with Crippen molar-refractivity contribution in [1.29, 1.82) is 0 Å². The van der Waals surface area contributed by atoms with E-state index in [-0.39, 0.29) is 0 Å². The fraction of sp³-hybridized carbons (Fsp3) is 0.154. The Morgan fingerprint density at radius 3 is 2.53 bits per heavy atom. The molecule has 0 fully saturated rings. The van der Waals surface area contributed by atoms with E-state index in [1.54, 1.807) is 19.1 Å². The topological polar surface area (TPSA) is 50.9 Å². The van der Waals surface area contributed by atoms with Crippen molar-refractivity contribution in [3.05, 3.63) is 47.7 Å². The molecule has 1 aromatic heterocycles. The molecule has 2 aromatic rings. The highest BCUT2D eigenvalue weighted by Gasteiger charge is 2.30. The molecule has 100 valence electrons. The molecule has 19 heavy (non-hydrogen) atoms. The first kappa shape index (κ1) is 13.2. The van der Waals surface area contributed by atoms with Gasteiger partial charge < -0.3 is 11.1 Å². The molecule has 0 saturated carbocycles. The largest absolute Gasteiger partial charge is 0.416 e. The minimum absolute atomic E-state index is 0.301. The van der Waals surface area contributed by atoms with Gasteiger partial charge in [0.2, 0.25) is 0 Å². The van der Waals surface area contributed by atoms with Crippen molar-refractivity contribution in [1.82, 2.24) is 4.98 Å². The Hall–Kier alpha value is -2.24. The highest BCUT2D eigenvalue weighted by molar-refractivity contribution is 5.65. The maximum absolute atomic E-state index is 12.6. The van der Waals surface area contributed by atoms with Crippen LogP contribution in [0, 0.1) is 6.92 Å². The van der Waals surface area contributed by atoms with Gasteiger partial charge in [0.25, 0.3) is 0 Å². The fourth-order valence-electron chi connectivity index (χ4n) is 1.61. The van der Waals surface area contributed by atoms with E-state index in [0.29, 0.717) is 22.8 Å². The standard InChI is InChI=1S/C13H12F3N3/c1-8-2-3-9(13(14,15)16)6-11(8)19-10-4-5-18-12(17)7-10/h2-7H,1H3,(H3,17,18,19). The Bertz CT molecular complexity index is 594. The summed E-state index contributed by atoms with van der Waals surface area (Å²) in [4.78, 5) is 3.82. The summed E-state index contributed by atoms with van der Waals surface area (Å²) in [5, 5.41) is 2.91. The lowest BCUT2D eigenvalue weighted by atomic mass is 10.1. The number of nitrogens with one attached hydrogen (secondary N) is 1. The number of pyridine rings is 1. The highest BCUT2D eigenvalue weighted by Crippen LogP contribution is 2.33. The normalized spacial score (nSPS) is 11.4. The minimum atomic E-state index is -4.36. The molecule has 0 amide bonds. The van der Waals surface area contributed by atoms with Crippen LogP contribution < -0.4 is 11.1 Å². The Balaban J connectivity index is 2.34. The number of nitrogens with two attached hydrogens (primary N) is 1. The number of nitrogen functional groups attached to an aromatic ring is 1. The predicted molar refractivity (Wildman–Crippen MR) is 68.1 cm³/mol. The van der Waals surface area contributed by atoms with Crippen molar-refractivity contribution in [3.63, 3.8) is 0 Å². The number of anilines is 3. The van der Waals surface area contributed by atoms with Gasteiger partial charge in [-0.05, 0) is 30.7 Å². The summed E-state index contributed by atoms with van der Waals surface area (Å²) in [5.41, 5.74) is 6.52. The van der Waals surface area contributed by atoms with Gasteiger partial charge in [-0.1, -0.05) is 6.07 Å². The van der Waals surface area contributed by atoms with Crippen LogP contribution in [0.3, 0.4) is 0 Å². The summed E-state index contributed by atoms with van der Waals surface area (Å²) < 4.78 is 37.9. The zero-order chi connectivity index (χ0) is 14.0. The van der Waals surface area contributed by atoms with Crippen LogP contribution in [-0.4, -0.2) is 4.98 Å². The fourth-order valence-corrected chi connectivity index (χ4v) is 1.61. The molecule has 0 aliphatic rings. The lowest BCUT2D eigenvalue weighted by molar-refractivity contribution is -0.137. The molecule has 0 aliphatic heterocycles. The first-order chi connectivity index (χ1) is 8.86. The average Bonchev–Trinajstić information content (AvgIpc) is 2.30. The first-order valence-corrected chi connectivity index (χ1v) is 5.52. The van der Waals surface area contributed by atoms with E-state index in [4.69, 9.17) is 5.73 Å². The lowest BCUT2D eigenvalue weighted by Gasteiger charge is -2.13. The zero-order valence-corrected chi connectivity index (χ0v) is 10.1. The van der Waals surface area contributed by atoms with Gasteiger partial charge in [0.1, 0.15) is 5.82 Å². The SMILES string of the molecule is Cc1ccc(C(F)(F)F)cc1Nc1ccnc(N)c1. The van der Waals surface area contributed by atoms with Gasteiger partial charge in [-0.2, -0.15) is 13.2 Å². The molecule has 0 atom stereocenters. The van der Waals surface area contributed by atoms with Crippen LogP contribution in [0.25, 0.3) is 0 Å². The molecule has 3 nitrogen and oxygen atoms in total. The van der Waals surface area contributed by atoms with E-state index in [9.17, 15) is 13.2 Å². The number of hydrogen-bond donors (Lipinski definition) is 2. The van der Waals surface area contributed by atoms with Crippen molar-refractivity contribution < 1.29 is 13.2 Å². The second-order valence-corrected chi connectivity index (χ2v) is 4.12. The molecule has 0 aliphatic carbocycles. The summed E-state index contributed by atoms with van der Waals surface area (Å²) >= 11 is 0. The number of hydrogen-bond acceptors (Lipinski definition) is 3. The van der Waals surface area contributed by atoms with Crippen molar-refractivity contribution in [3.8, 4) is 0 Å². The number of alkyl halides is 3. The molecular formula is C13H12F3N3. The quantitative estimate of drug-likeness (QED) is 0.871. The number of benzene rings is 1. The number of aryl methyl sites for hydroxylation is 1. The van der Waals surface area contributed by atoms with Crippen LogP contribution in [0.4, 0.5) is 30.4 Å². The van der Waals surface area contributed by atoms with E-state index in [1.165, 1.54) is 12.3 Å². The van der Waals surface area contributed by atoms with Crippen LogP contribution in [-0.2, 0) is 6.18 Å². The third kappa shape index (κ3) is 3.15. The number of halogens is 3. The molecule has 6 heteroatoms. The summed E-state index contributed by atoms with van der Waals surface area (Å²) in [6.07, 6.45) is -2.87. The van der Waals surface area contributed by atoms with Gasteiger partial charge in [-0.25, -0.2) is 4.98 Å². The number of aromatic nitrogens is 1. The molecule has 0 radical (unpaired) electrons. The van der Waals surface area contributed by atoms with Gasteiger partial charge in [-0.3, -0.25) is 0 Å². The van der Waals surface area contributed by atoms with Gasteiger partial charge >= 0.3 is 6.18 Å². The van der Waals surface area contributed by atoms with E-state index in [2.05, 4.69) is 10.3 Å². The Morgan fingerprint density at radius 2 is 1.89 bits per heavy atom. The molecule has 3 N–H and O–H groups in total. The van der Waals surface area contributed by atoms with E-state index in [1.807, 2.05) is 0 Å². The van der Waals surface area contributed by atoms with Crippen LogP contribution in [0.15, 0.2) is 36.5 Å². The third-order valence-electron chi connectivity index (χ3n) is 2.62. The van der Waals surface area contributed by atoms with Crippen LogP contribution >= 0.6 is 0 Å². The summed E-state index contributed by atoms with van der Waals surface area (Å²) in [6, 6.07) is 6.75. The van der Waals surface area contributed by atoms with Crippen molar-refractivity contribution in [2.75, 3.05) is 11.1 Å². The number of rotatable bonds is 2. The van der Waals surface area contributed by atoms with Gasteiger partial charge in [-0.15, -0.1) is 0 Å². The van der Waals surface area contributed by atoms with Gasteiger partial charge in [0.05, 0.1) is 5.56 Å². The molecule has 0 spiro atoms. The molecule has 2 rings (SSSR count). The summed E-state index contributed by atoms with van der Waals surface area (Å²) in [7, 11) is 0. The Kier molecular flexibility index (Phi) is 3.33. The maximum Gasteiger partial charge on any atom is 0.416 e. The van der Waals surface area contributed by atoms with Gasteiger partial charge in [0, 0.05) is 23.6 Å². The predicted octanol–water partition coefficient (Wildman–Crippen LogP) is 3.73. The smallest absolute Gasteiger partial charge is 0.384 e. The van der Waals surface area contributed by atoms with Crippen LogP contribution in [0.5, 0.6) is 0 Å². The van der Waals surface area contributed by atoms with Crippen LogP contribution in [0.1, 0.15) is 11.1 Å². The second-order valence-electron chi connectivity index (χ2n) is 4.12. The molecule has 1 aromatic carbocycles. The van der Waals surface area contributed by atoms with Crippen molar-refractivity contribution in [2.45, 2.75) is 13.1 Å². The summed E-state index contributed by atoms with van der Waals surface area (Å²) in [6.45, 7) is 1.73. The van der Waals surface area contributed by atoms with E-state index in [0.717, 1.165) is 12.1 Å². The van der Waals surface area contributed by atoms with Crippen molar-refractivity contribution >= 4 is 17.2 Å². The van der Waals surface area contributed by atoms with Gasteiger partial charge in [0.15, 0.2) is 0 Å². The molecule has 1 heterocycles. The molecule has 0 unspecified atom stereocenters. The Labute approximate surface area is 108 Å². The van der Waals surface area contributed by atoms with Crippen LogP contribution in [0.2, 0.25) is 0 Å². The summed E-state index contributed by atoms with van der Waals surface area (Å²) in [5.74, 6) is 0.301. The lowest BCUT2D eigenvalue weighted by Crippen LogP contribution is -2.06. The Morgan fingerprint density at radius 1 is 1.16 bits per heavy atom. The first-order valence-electron chi connectivity index (χ1n) is 5.52. The van der Waals surface area contributed by atoms with E-state index >= 15 is 0 Å². The minimum Gasteiger partial charge on any atom is -0.384 e. The molecule has 0 saturated heterocycles. The monoisotopic (exact) mass is 267 g/mol. The molecule has 0 bridgehead atoms. The zero-order valence-electron chi connectivity index (χ0n) is 10.1. The average molecular weight is 267 g/mol. The highest BCUT2D eigenvalue weighted by atomic mass is 19.4. The molecular weight excluding hydrogens is 255 g/mol. The third-order valence-corrected chi connectivity index (χ3v) is 2.62.